The number of hydrogen-bond acceptors (Lipinski definition) is 3. The molecule has 0 saturated carbocycles. The third kappa shape index (κ3) is 2.18. The van der Waals surface area contributed by atoms with E-state index in [0.717, 1.165) is 16.8 Å². The summed E-state index contributed by atoms with van der Waals surface area (Å²) in [5.74, 6) is 0.0255. The molecule has 3 heterocycles. The second kappa shape index (κ2) is 5.69. The smallest absolute Gasteiger partial charge is 0.240 e. The number of hydrogen-bond donors (Lipinski definition) is 2. The Kier molecular flexibility index (Phi) is 3.46. The van der Waals surface area contributed by atoms with Gasteiger partial charge in [0.1, 0.15) is 11.2 Å². The topological polar surface area (TPSA) is 76.0 Å². The largest absolute Gasteiger partial charge is 0.323 e. The Morgan fingerprint density at radius 3 is 2.57 bits per heavy atom. The van der Waals surface area contributed by atoms with Crippen LogP contribution in [0.3, 0.4) is 0 Å². The number of aryl methyl sites for hydroxylation is 2. The van der Waals surface area contributed by atoms with Gasteiger partial charge in [0.2, 0.25) is 11.8 Å². The Morgan fingerprint density at radius 2 is 1.82 bits per heavy atom. The number of benzene rings is 2. The lowest BCUT2D eigenvalue weighted by Gasteiger charge is -2.31. The van der Waals surface area contributed by atoms with E-state index in [1.165, 1.54) is 0 Å². The minimum Gasteiger partial charge on any atom is -0.323 e. The number of amides is 2. The standard InChI is InChI=1S/C21H17ClN4O2/c1-11-6-12(2)8-13(7-11)26-19-15(10-23-26)21(9-17(27)24-19)14-4-3-5-16(22)18(14)25-20(21)28/h3-8,10H,9H2,1-2H3,(H,24,27)(H,25,28)/t21-/m1/s1. The summed E-state index contributed by atoms with van der Waals surface area (Å²) in [5.41, 5.74) is 3.83. The quantitative estimate of drug-likeness (QED) is 0.662. The molecule has 2 amide bonds. The molecule has 0 fully saturated rings. The molecule has 0 saturated heterocycles. The highest BCUT2D eigenvalue weighted by atomic mass is 35.5. The highest BCUT2D eigenvalue weighted by molar-refractivity contribution is 6.35. The van der Waals surface area contributed by atoms with Crippen molar-refractivity contribution in [1.29, 1.82) is 0 Å². The number of nitrogens with one attached hydrogen (secondary N) is 2. The molecule has 1 spiro atoms. The highest BCUT2D eigenvalue weighted by Crippen LogP contribution is 2.51. The van der Waals surface area contributed by atoms with E-state index in [4.69, 9.17) is 11.6 Å². The van der Waals surface area contributed by atoms with Gasteiger partial charge in [-0.15, -0.1) is 0 Å². The Labute approximate surface area is 166 Å². The van der Waals surface area contributed by atoms with Crippen molar-refractivity contribution in [3.63, 3.8) is 0 Å². The van der Waals surface area contributed by atoms with Gasteiger partial charge in [0, 0.05) is 12.0 Å². The second-order valence-electron chi connectivity index (χ2n) is 7.41. The average Bonchev–Trinajstić information content (AvgIpc) is 3.16. The number of carbonyl (C=O) groups is 2. The molecule has 140 valence electrons. The predicted octanol–water partition coefficient (Wildman–Crippen LogP) is 3.72. The normalized spacial score (nSPS) is 20.0. The highest BCUT2D eigenvalue weighted by Gasteiger charge is 2.54. The first-order valence-corrected chi connectivity index (χ1v) is 9.35. The van der Waals surface area contributed by atoms with Crippen LogP contribution in [-0.4, -0.2) is 21.6 Å². The maximum Gasteiger partial charge on any atom is 0.240 e. The van der Waals surface area contributed by atoms with Crippen molar-refractivity contribution in [2.45, 2.75) is 25.7 Å². The molecule has 3 aromatic rings. The van der Waals surface area contributed by atoms with Crippen molar-refractivity contribution >= 4 is 34.9 Å². The van der Waals surface area contributed by atoms with E-state index in [0.29, 0.717) is 27.7 Å². The van der Waals surface area contributed by atoms with Crippen LogP contribution in [0.1, 0.15) is 28.7 Å². The van der Waals surface area contributed by atoms with Crippen LogP contribution < -0.4 is 10.6 Å². The minimum absolute atomic E-state index is 0.0116. The number of aromatic nitrogens is 2. The third-order valence-electron chi connectivity index (χ3n) is 5.46. The van der Waals surface area contributed by atoms with E-state index < -0.39 is 5.41 Å². The Morgan fingerprint density at radius 1 is 1.07 bits per heavy atom. The summed E-state index contributed by atoms with van der Waals surface area (Å²) in [5, 5.41) is 10.8. The van der Waals surface area contributed by atoms with E-state index in [1.54, 1.807) is 23.0 Å². The number of nitrogens with zero attached hydrogens (tertiary/aromatic N) is 2. The van der Waals surface area contributed by atoms with Crippen LogP contribution in [0.25, 0.3) is 5.69 Å². The summed E-state index contributed by atoms with van der Waals surface area (Å²) in [6.07, 6.45) is 1.68. The van der Waals surface area contributed by atoms with Gasteiger partial charge in [-0.2, -0.15) is 5.10 Å². The van der Waals surface area contributed by atoms with Crippen LogP contribution in [0.4, 0.5) is 11.5 Å². The molecule has 0 aliphatic carbocycles. The fraction of sp³-hybridized carbons (Fsp3) is 0.190. The zero-order valence-electron chi connectivity index (χ0n) is 15.3. The minimum atomic E-state index is -1.13. The molecule has 28 heavy (non-hydrogen) atoms. The van der Waals surface area contributed by atoms with Crippen LogP contribution >= 0.6 is 11.6 Å². The van der Waals surface area contributed by atoms with Crippen LogP contribution in [0.15, 0.2) is 42.6 Å². The molecular weight excluding hydrogens is 376 g/mol. The monoisotopic (exact) mass is 392 g/mol. The van der Waals surface area contributed by atoms with Crippen molar-refractivity contribution < 1.29 is 9.59 Å². The van der Waals surface area contributed by atoms with Crippen molar-refractivity contribution in [1.82, 2.24) is 9.78 Å². The van der Waals surface area contributed by atoms with Gasteiger partial charge in [0.05, 0.1) is 22.6 Å². The van der Waals surface area contributed by atoms with Gasteiger partial charge in [-0.3, -0.25) is 9.59 Å². The predicted molar refractivity (Wildman–Crippen MR) is 107 cm³/mol. The molecule has 1 aromatic heterocycles. The fourth-order valence-corrected chi connectivity index (χ4v) is 4.58. The second-order valence-corrected chi connectivity index (χ2v) is 7.82. The van der Waals surface area contributed by atoms with Gasteiger partial charge in [0.25, 0.3) is 0 Å². The first-order valence-electron chi connectivity index (χ1n) is 8.97. The number of para-hydroxylation sites is 1. The van der Waals surface area contributed by atoms with Gasteiger partial charge in [0.15, 0.2) is 0 Å². The molecule has 2 aromatic carbocycles. The van der Waals surface area contributed by atoms with Crippen molar-refractivity contribution in [2.75, 3.05) is 10.6 Å². The first-order chi connectivity index (χ1) is 13.4. The molecule has 7 heteroatoms. The van der Waals surface area contributed by atoms with Gasteiger partial charge in [-0.05, 0) is 48.7 Å². The molecular formula is C21H17ClN4O2. The lowest BCUT2D eigenvalue weighted by molar-refractivity contribution is -0.125. The molecule has 6 nitrogen and oxygen atoms in total. The van der Waals surface area contributed by atoms with E-state index in [1.807, 2.05) is 32.0 Å². The van der Waals surface area contributed by atoms with Crippen LogP contribution in [0.5, 0.6) is 0 Å². The third-order valence-corrected chi connectivity index (χ3v) is 5.78. The van der Waals surface area contributed by atoms with Gasteiger partial charge in [-0.25, -0.2) is 4.68 Å². The molecule has 5 rings (SSSR count). The first kappa shape index (κ1) is 17.0. The number of rotatable bonds is 1. The van der Waals surface area contributed by atoms with Crippen LogP contribution in [0, 0.1) is 13.8 Å². The van der Waals surface area contributed by atoms with Crippen molar-refractivity contribution in [3.05, 3.63) is 69.9 Å². The molecule has 0 unspecified atom stereocenters. The van der Waals surface area contributed by atoms with Gasteiger partial charge in [-0.1, -0.05) is 29.8 Å². The van der Waals surface area contributed by atoms with E-state index in [2.05, 4.69) is 21.8 Å². The Hall–Kier alpha value is -3.12. The van der Waals surface area contributed by atoms with Crippen LogP contribution in [-0.2, 0) is 15.0 Å². The average molecular weight is 393 g/mol. The van der Waals surface area contributed by atoms with Crippen LogP contribution in [0.2, 0.25) is 5.02 Å². The van der Waals surface area contributed by atoms with E-state index >= 15 is 0 Å². The zero-order valence-corrected chi connectivity index (χ0v) is 16.1. The fourth-order valence-electron chi connectivity index (χ4n) is 4.35. The maximum atomic E-state index is 13.1. The number of anilines is 2. The lowest BCUT2D eigenvalue weighted by atomic mass is 9.72. The molecule has 2 aliphatic heterocycles. The SMILES string of the molecule is Cc1cc(C)cc(-n2ncc3c2NC(=O)C[C@]32C(=O)Nc3c(Cl)cccc32)c1. The summed E-state index contributed by atoms with van der Waals surface area (Å²) >= 11 is 6.30. The summed E-state index contributed by atoms with van der Waals surface area (Å²) in [6.45, 7) is 4.02. The summed E-state index contributed by atoms with van der Waals surface area (Å²) in [6, 6.07) is 11.4. The van der Waals surface area contributed by atoms with Crippen molar-refractivity contribution in [3.8, 4) is 5.69 Å². The molecule has 2 aliphatic rings. The molecule has 2 N–H and O–H groups in total. The van der Waals surface area contributed by atoms with E-state index in [9.17, 15) is 9.59 Å². The molecule has 0 radical (unpaired) electrons. The number of carbonyl (C=O) groups excluding carboxylic acids is 2. The lowest BCUT2D eigenvalue weighted by Crippen LogP contribution is -2.43. The molecule has 1 atom stereocenters. The number of fused-ring (bicyclic) bond motifs is 4. The zero-order chi connectivity index (χ0) is 19.6. The van der Waals surface area contributed by atoms with Gasteiger partial charge >= 0.3 is 0 Å². The van der Waals surface area contributed by atoms with Crippen molar-refractivity contribution in [2.24, 2.45) is 0 Å². The summed E-state index contributed by atoms with van der Waals surface area (Å²) in [4.78, 5) is 25.8. The molecule has 0 bridgehead atoms. The summed E-state index contributed by atoms with van der Waals surface area (Å²) < 4.78 is 1.68. The van der Waals surface area contributed by atoms with Gasteiger partial charge < -0.3 is 10.6 Å². The Bertz CT molecular complexity index is 1160. The summed E-state index contributed by atoms with van der Waals surface area (Å²) in [7, 11) is 0. The van der Waals surface area contributed by atoms with E-state index in [-0.39, 0.29) is 18.2 Å². The Balaban J connectivity index is 1.77. The maximum absolute atomic E-state index is 13.1. The number of halogens is 1.